The molecule has 6 nitrogen and oxygen atoms in total. The molecular weight excluding hydrogens is 252 g/mol. The summed E-state index contributed by atoms with van der Waals surface area (Å²) in [6, 6.07) is 11.7. The van der Waals surface area contributed by atoms with Gasteiger partial charge in [0.25, 0.3) is 0 Å². The molecule has 0 saturated heterocycles. The molecule has 0 saturated carbocycles. The van der Waals surface area contributed by atoms with E-state index in [9.17, 15) is 0 Å². The number of para-hydroxylation sites is 1. The highest BCUT2D eigenvalue weighted by atomic mass is 15.4. The lowest BCUT2D eigenvalue weighted by Crippen LogP contribution is -2.03. The zero-order valence-electron chi connectivity index (χ0n) is 11.3. The Morgan fingerprint density at radius 2 is 1.90 bits per heavy atom. The van der Waals surface area contributed by atoms with E-state index in [1.807, 2.05) is 50.4 Å². The minimum absolute atomic E-state index is 0.702. The second-order valence-corrected chi connectivity index (χ2v) is 4.30. The fourth-order valence-corrected chi connectivity index (χ4v) is 2.00. The number of hydrogen-bond acceptors (Lipinski definition) is 5. The standard InChI is InChI=1S/C14H14N6/c1-10-17-12(8-14(15-2)18-10)13-9-16-19-20(13)11-6-4-3-5-7-11/h3-9H,1-2H3,(H,15,17,18). The molecule has 0 fully saturated rings. The molecule has 0 amide bonds. The Morgan fingerprint density at radius 1 is 1.10 bits per heavy atom. The Hall–Kier alpha value is -2.76. The van der Waals surface area contributed by atoms with Gasteiger partial charge in [-0.15, -0.1) is 5.10 Å². The lowest BCUT2D eigenvalue weighted by Gasteiger charge is -2.07. The minimum Gasteiger partial charge on any atom is -0.373 e. The average Bonchev–Trinajstić information content (AvgIpc) is 2.97. The normalized spacial score (nSPS) is 10.5. The molecule has 0 atom stereocenters. The number of rotatable bonds is 3. The first-order valence-corrected chi connectivity index (χ1v) is 6.28. The Labute approximate surface area is 116 Å². The van der Waals surface area contributed by atoms with Crippen molar-refractivity contribution in [3.8, 4) is 17.1 Å². The van der Waals surface area contributed by atoms with Gasteiger partial charge < -0.3 is 5.32 Å². The number of benzene rings is 1. The number of nitrogens with zero attached hydrogens (tertiary/aromatic N) is 5. The SMILES string of the molecule is CNc1cc(-c2cnnn2-c2ccccc2)nc(C)n1. The second-order valence-electron chi connectivity index (χ2n) is 4.30. The molecular formula is C14H14N6. The molecule has 100 valence electrons. The fraction of sp³-hybridized carbons (Fsp3) is 0.143. The lowest BCUT2D eigenvalue weighted by molar-refractivity contribution is 0.805. The van der Waals surface area contributed by atoms with E-state index in [1.165, 1.54) is 0 Å². The van der Waals surface area contributed by atoms with Gasteiger partial charge in [-0.05, 0) is 19.1 Å². The maximum absolute atomic E-state index is 4.46. The molecule has 0 aliphatic rings. The van der Waals surface area contributed by atoms with Crippen LogP contribution in [0, 0.1) is 6.92 Å². The minimum atomic E-state index is 0.702. The van der Waals surface area contributed by atoms with Crippen molar-refractivity contribution in [2.24, 2.45) is 0 Å². The fourth-order valence-electron chi connectivity index (χ4n) is 2.00. The van der Waals surface area contributed by atoms with Crippen molar-refractivity contribution in [3.05, 3.63) is 48.4 Å². The first kappa shape index (κ1) is 12.3. The third-order valence-corrected chi connectivity index (χ3v) is 2.91. The Balaban J connectivity index is 2.13. The van der Waals surface area contributed by atoms with E-state index in [0.717, 1.165) is 22.9 Å². The molecule has 3 aromatic rings. The van der Waals surface area contributed by atoms with Crippen molar-refractivity contribution in [2.75, 3.05) is 12.4 Å². The van der Waals surface area contributed by atoms with Crippen molar-refractivity contribution >= 4 is 5.82 Å². The highest BCUT2D eigenvalue weighted by molar-refractivity contribution is 5.60. The van der Waals surface area contributed by atoms with Crippen LogP contribution in [0.2, 0.25) is 0 Å². The van der Waals surface area contributed by atoms with Gasteiger partial charge in [0.1, 0.15) is 17.3 Å². The summed E-state index contributed by atoms with van der Waals surface area (Å²) >= 11 is 0. The van der Waals surface area contributed by atoms with Gasteiger partial charge in [-0.1, -0.05) is 23.4 Å². The van der Waals surface area contributed by atoms with Gasteiger partial charge in [-0.25, -0.2) is 14.6 Å². The molecule has 0 spiro atoms. The first-order valence-electron chi connectivity index (χ1n) is 6.28. The molecule has 0 unspecified atom stereocenters. The summed E-state index contributed by atoms with van der Waals surface area (Å²) in [5, 5.41) is 11.2. The van der Waals surface area contributed by atoms with Crippen LogP contribution in [-0.2, 0) is 0 Å². The maximum Gasteiger partial charge on any atom is 0.130 e. The predicted molar refractivity (Wildman–Crippen MR) is 76.7 cm³/mol. The highest BCUT2D eigenvalue weighted by Gasteiger charge is 2.11. The number of aromatic nitrogens is 5. The molecule has 1 N–H and O–H groups in total. The van der Waals surface area contributed by atoms with E-state index in [1.54, 1.807) is 10.9 Å². The monoisotopic (exact) mass is 266 g/mol. The smallest absolute Gasteiger partial charge is 0.130 e. The van der Waals surface area contributed by atoms with Crippen LogP contribution in [0.3, 0.4) is 0 Å². The van der Waals surface area contributed by atoms with E-state index in [-0.39, 0.29) is 0 Å². The number of nitrogens with one attached hydrogen (secondary N) is 1. The predicted octanol–water partition coefficient (Wildman–Crippen LogP) is 2.07. The topological polar surface area (TPSA) is 68.5 Å². The van der Waals surface area contributed by atoms with Crippen LogP contribution in [-0.4, -0.2) is 32.0 Å². The number of anilines is 1. The maximum atomic E-state index is 4.46. The second kappa shape index (κ2) is 5.08. The largest absolute Gasteiger partial charge is 0.373 e. The van der Waals surface area contributed by atoms with Crippen molar-refractivity contribution < 1.29 is 0 Å². The summed E-state index contributed by atoms with van der Waals surface area (Å²) in [5.41, 5.74) is 2.57. The van der Waals surface area contributed by atoms with Gasteiger partial charge in [-0.3, -0.25) is 0 Å². The zero-order chi connectivity index (χ0) is 13.9. The van der Waals surface area contributed by atoms with Crippen LogP contribution in [0.25, 0.3) is 17.1 Å². The third-order valence-electron chi connectivity index (χ3n) is 2.91. The Morgan fingerprint density at radius 3 is 2.65 bits per heavy atom. The highest BCUT2D eigenvalue weighted by Crippen LogP contribution is 2.21. The Kier molecular flexibility index (Phi) is 3.12. The van der Waals surface area contributed by atoms with Crippen molar-refractivity contribution in [1.82, 2.24) is 25.0 Å². The summed E-state index contributed by atoms with van der Waals surface area (Å²) in [6.07, 6.45) is 1.70. The number of hydrogen-bond donors (Lipinski definition) is 1. The van der Waals surface area contributed by atoms with Gasteiger partial charge in [0.15, 0.2) is 0 Å². The van der Waals surface area contributed by atoms with E-state index < -0.39 is 0 Å². The molecule has 3 rings (SSSR count). The third kappa shape index (κ3) is 2.23. The van der Waals surface area contributed by atoms with Gasteiger partial charge in [0.05, 0.1) is 17.6 Å². The summed E-state index contributed by atoms with van der Waals surface area (Å²) < 4.78 is 1.77. The van der Waals surface area contributed by atoms with E-state index in [0.29, 0.717) is 5.82 Å². The number of aryl methyl sites for hydroxylation is 1. The van der Waals surface area contributed by atoms with Crippen LogP contribution in [0.5, 0.6) is 0 Å². The van der Waals surface area contributed by atoms with Crippen LogP contribution in [0.15, 0.2) is 42.6 Å². The lowest BCUT2D eigenvalue weighted by atomic mass is 10.2. The molecule has 2 heterocycles. The van der Waals surface area contributed by atoms with Crippen LogP contribution in [0.1, 0.15) is 5.82 Å². The summed E-state index contributed by atoms with van der Waals surface area (Å²) in [4.78, 5) is 8.75. The van der Waals surface area contributed by atoms with Crippen molar-refractivity contribution in [1.29, 1.82) is 0 Å². The Bertz CT molecular complexity index is 720. The first-order chi connectivity index (χ1) is 9.78. The summed E-state index contributed by atoms with van der Waals surface area (Å²) in [7, 11) is 1.83. The van der Waals surface area contributed by atoms with Crippen LogP contribution >= 0.6 is 0 Å². The van der Waals surface area contributed by atoms with Crippen molar-refractivity contribution in [2.45, 2.75) is 6.92 Å². The van der Waals surface area contributed by atoms with Gasteiger partial charge in [0, 0.05) is 13.1 Å². The molecule has 0 radical (unpaired) electrons. The van der Waals surface area contributed by atoms with Crippen LogP contribution < -0.4 is 5.32 Å². The molecule has 0 aliphatic carbocycles. The van der Waals surface area contributed by atoms with Gasteiger partial charge >= 0.3 is 0 Å². The molecule has 1 aromatic carbocycles. The molecule has 20 heavy (non-hydrogen) atoms. The summed E-state index contributed by atoms with van der Waals surface area (Å²) in [6.45, 7) is 1.86. The van der Waals surface area contributed by atoms with Gasteiger partial charge in [-0.2, -0.15) is 0 Å². The zero-order valence-corrected chi connectivity index (χ0v) is 11.3. The van der Waals surface area contributed by atoms with Gasteiger partial charge in [0.2, 0.25) is 0 Å². The van der Waals surface area contributed by atoms with E-state index >= 15 is 0 Å². The van der Waals surface area contributed by atoms with E-state index in [2.05, 4.69) is 25.6 Å². The molecule has 0 bridgehead atoms. The van der Waals surface area contributed by atoms with Crippen LogP contribution in [0.4, 0.5) is 5.82 Å². The van der Waals surface area contributed by atoms with E-state index in [4.69, 9.17) is 0 Å². The molecule has 6 heteroatoms. The van der Waals surface area contributed by atoms with Crippen molar-refractivity contribution in [3.63, 3.8) is 0 Å². The molecule has 2 aromatic heterocycles. The average molecular weight is 266 g/mol. The summed E-state index contributed by atoms with van der Waals surface area (Å²) in [5.74, 6) is 1.47. The quantitative estimate of drug-likeness (QED) is 0.786. The molecule has 0 aliphatic heterocycles.